The molecule has 5 nitrogen and oxygen atoms in total. The quantitative estimate of drug-likeness (QED) is 0.764. The standard InChI is InChI=1S/C18H19N3O2S/c22-15(16-8-4-10-24-16)11-12-5-3-9-21(12)18(23)17-13-6-1-2-7-14(13)19-20-17/h1-2,4,6-8,10,12,15,22H,3,5,9,11H2,(H,19,20)/t12-,15+/m0/s1. The lowest BCUT2D eigenvalue weighted by Crippen LogP contribution is -2.36. The Bertz CT molecular complexity index is 843. The first kappa shape index (κ1) is 15.4. The first-order chi connectivity index (χ1) is 11.7. The minimum absolute atomic E-state index is 0.0478. The second-order valence-corrected chi connectivity index (χ2v) is 7.16. The topological polar surface area (TPSA) is 69.2 Å². The molecule has 0 bridgehead atoms. The lowest BCUT2D eigenvalue weighted by molar-refractivity contribution is 0.0666. The molecule has 0 spiro atoms. The fourth-order valence-electron chi connectivity index (χ4n) is 3.47. The third-order valence-corrected chi connectivity index (χ3v) is 5.65. The van der Waals surface area contributed by atoms with Crippen molar-refractivity contribution in [3.8, 4) is 0 Å². The number of nitrogens with zero attached hydrogens (tertiary/aromatic N) is 2. The van der Waals surface area contributed by atoms with Gasteiger partial charge >= 0.3 is 0 Å². The largest absolute Gasteiger partial charge is 0.387 e. The first-order valence-electron chi connectivity index (χ1n) is 8.19. The van der Waals surface area contributed by atoms with Crippen LogP contribution >= 0.6 is 11.3 Å². The summed E-state index contributed by atoms with van der Waals surface area (Å²) in [7, 11) is 0. The van der Waals surface area contributed by atoms with Gasteiger partial charge in [0.25, 0.3) is 5.91 Å². The van der Waals surface area contributed by atoms with Crippen LogP contribution in [0.3, 0.4) is 0 Å². The van der Waals surface area contributed by atoms with Crippen LogP contribution in [0, 0.1) is 0 Å². The molecule has 1 saturated heterocycles. The normalized spacial score (nSPS) is 19.0. The van der Waals surface area contributed by atoms with Gasteiger partial charge in [0.05, 0.1) is 11.6 Å². The highest BCUT2D eigenvalue weighted by Gasteiger charge is 2.33. The third kappa shape index (κ3) is 2.72. The van der Waals surface area contributed by atoms with E-state index in [2.05, 4.69) is 10.2 Å². The molecule has 6 heteroatoms. The lowest BCUT2D eigenvalue weighted by atomic mass is 10.1. The van der Waals surface area contributed by atoms with Crippen LogP contribution in [-0.4, -0.2) is 38.7 Å². The van der Waals surface area contributed by atoms with E-state index in [-0.39, 0.29) is 11.9 Å². The predicted molar refractivity (Wildman–Crippen MR) is 94.0 cm³/mol. The molecule has 1 amide bonds. The van der Waals surface area contributed by atoms with E-state index in [9.17, 15) is 9.90 Å². The molecule has 2 atom stereocenters. The summed E-state index contributed by atoms with van der Waals surface area (Å²) in [6, 6.07) is 11.6. The zero-order chi connectivity index (χ0) is 16.5. The molecule has 4 rings (SSSR count). The van der Waals surface area contributed by atoms with Crippen molar-refractivity contribution in [1.82, 2.24) is 15.1 Å². The van der Waals surface area contributed by atoms with Crippen molar-refractivity contribution in [2.24, 2.45) is 0 Å². The second kappa shape index (κ2) is 6.37. The Balaban J connectivity index is 1.55. The highest BCUT2D eigenvalue weighted by molar-refractivity contribution is 7.10. The third-order valence-electron chi connectivity index (χ3n) is 4.68. The molecule has 1 aliphatic rings. The number of aliphatic hydroxyl groups excluding tert-OH is 1. The molecule has 24 heavy (non-hydrogen) atoms. The number of amides is 1. The number of aromatic nitrogens is 2. The molecule has 3 aromatic rings. The van der Waals surface area contributed by atoms with Gasteiger partial charge in [-0.15, -0.1) is 11.3 Å². The Morgan fingerprint density at radius 2 is 2.25 bits per heavy atom. The number of hydrogen-bond donors (Lipinski definition) is 2. The van der Waals surface area contributed by atoms with E-state index in [1.807, 2.05) is 46.7 Å². The minimum Gasteiger partial charge on any atom is -0.387 e. The van der Waals surface area contributed by atoms with Gasteiger partial charge in [-0.2, -0.15) is 5.10 Å². The maximum atomic E-state index is 13.0. The molecule has 1 aliphatic heterocycles. The number of aromatic amines is 1. The van der Waals surface area contributed by atoms with Crippen LogP contribution < -0.4 is 0 Å². The molecule has 0 saturated carbocycles. The van der Waals surface area contributed by atoms with Crippen molar-refractivity contribution in [2.45, 2.75) is 31.4 Å². The van der Waals surface area contributed by atoms with Crippen molar-refractivity contribution < 1.29 is 9.90 Å². The Hall–Kier alpha value is -2.18. The van der Waals surface area contributed by atoms with Gasteiger partial charge in [-0.3, -0.25) is 9.89 Å². The molecule has 1 fully saturated rings. The van der Waals surface area contributed by atoms with Gasteiger partial charge < -0.3 is 10.0 Å². The molecule has 124 valence electrons. The van der Waals surface area contributed by atoms with Crippen molar-refractivity contribution in [2.75, 3.05) is 6.54 Å². The number of rotatable bonds is 4. The van der Waals surface area contributed by atoms with Gasteiger partial charge in [0.1, 0.15) is 0 Å². The van der Waals surface area contributed by atoms with Crippen LogP contribution in [0.5, 0.6) is 0 Å². The Morgan fingerprint density at radius 1 is 1.38 bits per heavy atom. The van der Waals surface area contributed by atoms with Crippen LogP contribution in [0.15, 0.2) is 41.8 Å². The molecule has 0 aliphatic carbocycles. The van der Waals surface area contributed by atoms with Crippen LogP contribution in [0.1, 0.15) is 40.7 Å². The summed E-state index contributed by atoms with van der Waals surface area (Å²) in [5.74, 6) is -0.0478. The highest BCUT2D eigenvalue weighted by atomic mass is 32.1. The zero-order valence-electron chi connectivity index (χ0n) is 13.2. The van der Waals surface area contributed by atoms with Crippen LogP contribution in [0.4, 0.5) is 0 Å². The average Bonchev–Trinajstić information content (AvgIpc) is 3.34. The van der Waals surface area contributed by atoms with E-state index < -0.39 is 6.10 Å². The summed E-state index contributed by atoms with van der Waals surface area (Å²) < 4.78 is 0. The number of nitrogens with one attached hydrogen (secondary N) is 1. The average molecular weight is 341 g/mol. The number of thiophene rings is 1. The number of carbonyl (C=O) groups excluding carboxylic acids is 1. The summed E-state index contributed by atoms with van der Waals surface area (Å²) in [5.41, 5.74) is 1.35. The fourth-order valence-corrected chi connectivity index (χ4v) is 4.19. The summed E-state index contributed by atoms with van der Waals surface area (Å²) in [5, 5.41) is 20.4. The van der Waals surface area contributed by atoms with E-state index in [0.717, 1.165) is 35.2 Å². The van der Waals surface area contributed by atoms with Crippen molar-refractivity contribution in [3.05, 3.63) is 52.3 Å². The predicted octanol–water partition coefficient (Wildman–Crippen LogP) is 3.35. The Labute approximate surface area is 143 Å². The summed E-state index contributed by atoms with van der Waals surface area (Å²) in [6.45, 7) is 0.724. The number of H-pyrrole nitrogens is 1. The number of benzene rings is 1. The minimum atomic E-state index is -0.515. The number of carbonyl (C=O) groups is 1. The lowest BCUT2D eigenvalue weighted by Gasteiger charge is -2.25. The molecule has 2 N–H and O–H groups in total. The van der Waals surface area contributed by atoms with Gasteiger partial charge in [0.2, 0.25) is 0 Å². The van der Waals surface area contributed by atoms with E-state index in [0.29, 0.717) is 12.1 Å². The molecular formula is C18H19N3O2S. The van der Waals surface area contributed by atoms with E-state index >= 15 is 0 Å². The van der Waals surface area contributed by atoms with Crippen LogP contribution in [0.2, 0.25) is 0 Å². The van der Waals surface area contributed by atoms with Crippen LogP contribution in [-0.2, 0) is 0 Å². The molecule has 2 aromatic heterocycles. The number of hydrogen-bond acceptors (Lipinski definition) is 4. The molecule has 3 heterocycles. The zero-order valence-corrected chi connectivity index (χ0v) is 14.0. The summed E-state index contributed by atoms with van der Waals surface area (Å²) in [4.78, 5) is 15.8. The van der Waals surface area contributed by atoms with Crippen LogP contribution in [0.25, 0.3) is 10.9 Å². The Kier molecular flexibility index (Phi) is 4.08. The summed E-state index contributed by atoms with van der Waals surface area (Å²) in [6.07, 6.45) is 1.96. The Morgan fingerprint density at radius 3 is 3.08 bits per heavy atom. The van der Waals surface area contributed by atoms with E-state index in [4.69, 9.17) is 0 Å². The number of para-hydroxylation sites is 1. The van der Waals surface area contributed by atoms with Gasteiger partial charge in [0, 0.05) is 22.8 Å². The number of fused-ring (bicyclic) bond motifs is 1. The van der Waals surface area contributed by atoms with E-state index in [1.165, 1.54) is 0 Å². The van der Waals surface area contributed by atoms with Gasteiger partial charge in [-0.25, -0.2) is 0 Å². The fraction of sp³-hybridized carbons (Fsp3) is 0.333. The van der Waals surface area contributed by atoms with Crippen molar-refractivity contribution in [1.29, 1.82) is 0 Å². The van der Waals surface area contributed by atoms with E-state index in [1.54, 1.807) is 11.3 Å². The monoisotopic (exact) mass is 341 g/mol. The van der Waals surface area contributed by atoms with Crippen molar-refractivity contribution in [3.63, 3.8) is 0 Å². The maximum absolute atomic E-state index is 13.0. The smallest absolute Gasteiger partial charge is 0.275 e. The van der Waals surface area contributed by atoms with Crippen molar-refractivity contribution >= 4 is 28.1 Å². The van der Waals surface area contributed by atoms with Gasteiger partial charge in [-0.05, 0) is 36.8 Å². The maximum Gasteiger partial charge on any atom is 0.275 e. The number of likely N-dealkylation sites (tertiary alicyclic amines) is 1. The molecule has 0 radical (unpaired) electrons. The second-order valence-electron chi connectivity index (χ2n) is 6.18. The SMILES string of the molecule is O=C(c1n[nH]c2ccccc12)N1CCC[C@H]1C[C@@H](O)c1cccs1. The number of aliphatic hydroxyl groups is 1. The van der Waals surface area contributed by atoms with Gasteiger partial charge in [0.15, 0.2) is 5.69 Å². The molecule has 0 unspecified atom stereocenters. The molecule has 1 aromatic carbocycles. The first-order valence-corrected chi connectivity index (χ1v) is 9.07. The summed E-state index contributed by atoms with van der Waals surface area (Å²) >= 11 is 1.55. The molecular weight excluding hydrogens is 322 g/mol. The van der Waals surface area contributed by atoms with Gasteiger partial charge in [-0.1, -0.05) is 24.3 Å². The highest BCUT2D eigenvalue weighted by Crippen LogP contribution is 2.31.